The summed E-state index contributed by atoms with van der Waals surface area (Å²) in [5.74, 6) is 0. The Morgan fingerprint density at radius 1 is 0.408 bits per heavy atom. The molecule has 2 nitrogen and oxygen atoms in total. The number of benzene rings is 7. The second kappa shape index (κ2) is 10.4. The lowest BCUT2D eigenvalue weighted by Crippen LogP contribution is -2.15. The Morgan fingerprint density at radius 2 is 1.00 bits per heavy atom. The fourth-order valence-corrected chi connectivity index (χ4v) is 8.52. The van der Waals surface area contributed by atoms with Gasteiger partial charge < -0.3 is 9.13 Å². The number of para-hydroxylation sites is 2. The monoisotopic (exact) mass is 626 g/mol. The Labute approximate surface area is 286 Å². The molecule has 0 saturated heterocycles. The predicted molar refractivity (Wildman–Crippen MR) is 206 cm³/mol. The number of nitrogens with zero attached hydrogens (tertiary/aromatic N) is 2. The molecule has 0 bridgehead atoms. The largest absolute Gasteiger partial charge is 0.307 e. The summed E-state index contributed by atoms with van der Waals surface area (Å²) in [6.07, 6.45) is 0. The first-order valence-electron chi connectivity index (χ1n) is 17.1. The van der Waals surface area contributed by atoms with Gasteiger partial charge in [0.05, 0.1) is 22.2 Å². The molecule has 2 heteroatoms. The van der Waals surface area contributed by atoms with Crippen molar-refractivity contribution in [3.8, 4) is 44.9 Å². The van der Waals surface area contributed by atoms with Gasteiger partial charge in [-0.2, -0.15) is 0 Å². The van der Waals surface area contributed by atoms with Gasteiger partial charge in [-0.3, -0.25) is 0 Å². The van der Waals surface area contributed by atoms with Crippen LogP contribution in [0, 0.1) is 0 Å². The van der Waals surface area contributed by atoms with Crippen LogP contribution in [0.25, 0.3) is 77.6 Å². The quantitative estimate of drug-likeness (QED) is 0.184. The molecule has 0 saturated carbocycles. The molecule has 49 heavy (non-hydrogen) atoms. The molecule has 0 N–H and O–H groups in total. The first-order valence-corrected chi connectivity index (χ1v) is 17.1. The number of fused-ring (bicyclic) bond motifs is 8. The van der Waals surface area contributed by atoms with Gasteiger partial charge in [-0.05, 0) is 63.7 Å². The number of hydrogen-bond donors (Lipinski definition) is 0. The topological polar surface area (TPSA) is 9.86 Å². The van der Waals surface area contributed by atoms with E-state index in [-0.39, 0.29) is 5.41 Å². The van der Waals surface area contributed by atoms with Gasteiger partial charge in [0.15, 0.2) is 0 Å². The minimum atomic E-state index is -0.0960. The van der Waals surface area contributed by atoms with E-state index in [1.54, 1.807) is 0 Å². The highest BCUT2D eigenvalue weighted by molar-refractivity contribution is 6.22. The van der Waals surface area contributed by atoms with Crippen molar-refractivity contribution < 1.29 is 0 Å². The molecule has 0 atom stereocenters. The van der Waals surface area contributed by atoms with Crippen LogP contribution in [0.4, 0.5) is 0 Å². The van der Waals surface area contributed by atoms with Gasteiger partial charge >= 0.3 is 0 Å². The van der Waals surface area contributed by atoms with Crippen molar-refractivity contribution in [3.63, 3.8) is 0 Å². The Balaban J connectivity index is 1.40. The number of hydrogen-bond acceptors (Lipinski definition) is 0. The van der Waals surface area contributed by atoms with Crippen molar-refractivity contribution >= 4 is 32.7 Å². The van der Waals surface area contributed by atoms with Crippen molar-refractivity contribution in [2.45, 2.75) is 19.3 Å². The van der Waals surface area contributed by atoms with Gasteiger partial charge in [0.2, 0.25) is 0 Å². The van der Waals surface area contributed by atoms with Crippen LogP contribution >= 0.6 is 0 Å². The average molecular weight is 627 g/mol. The molecular weight excluding hydrogens is 593 g/mol. The maximum absolute atomic E-state index is 2.52. The molecule has 0 radical (unpaired) electrons. The minimum absolute atomic E-state index is 0.0960. The van der Waals surface area contributed by atoms with E-state index in [1.165, 1.54) is 83.0 Å². The van der Waals surface area contributed by atoms with Crippen molar-refractivity contribution in [3.05, 3.63) is 181 Å². The van der Waals surface area contributed by atoms with E-state index in [1.807, 2.05) is 0 Å². The van der Waals surface area contributed by atoms with E-state index < -0.39 is 0 Å². The van der Waals surface area contributed by atoms with E-state index in [0.29, 0.717) is 0 Å². The van der Waals surface area contributed by atoms with Gasteiger partial charge in [0, 0.05) is 38.5 Å². The molecule has 2 aromatic heterocycles. The summed E-state index contributed by atoms with van der Waals surface area (Å²) in [7, 11) is 0. The lowest BCUT2D eigenvalue weighted by molar-refractivity contribution is 0.660. The molecule has 0 aliphatic heterocycles. The van der Waals surface area contributed by atoms with E-state index in [0.717, 1.165) is 5.69 Å². The second-order valence-electron chi connectivity index (χ2n) is 13.7. The third-order valence-corrected chi connectivity index (χ3v) is 10.7. The van der Waals surface area contributed by atoms with Gasteiger partial charge in [0.25, 0.3) is 0 Å². The molecule has 1 aliphatic carbocycles. The first-order chi connectivity index (χ1) is 24.1. The molecule has 232 valence electrons. The molecule has 7 aromatic carbocycles. The van der Waals surface area contributed by atoms with Crippen LogP contribution in [0.2, 0.25) is 0 Å². The Morgan fingerprint density at radius 3 is 1.78 bits per heavy atom. The standard InChI is InChI=1S/C47H34N2/c1-47(2)40-24-14-12-22-35(40)36-27-26-34(30-41(36)47)48-42-25-15-13-23-37(42)38-28-29-39-43(31-16-6-3-7-17-31)44(32-18-8-4-9-19-32)49(46(39)45(38)48)33-20-10-5-11-21-33/h3-30H,1-2H3. The summed E-state index contributed by atoms with van der Waals surface area (Å²) >= 11 is 0. The van der Waals surface area contributed by atoms with Crippen LogP contribution in [-0.4, -0.2) is 9.13 Å². The molecule has 0 fully saturated rings. The normalized spacial score (nSPS) is 13.3. The maximum Gasteiger partial charge on any atom is 0.0789 e. The van der Waals surface area contributed by atoms with Crippen LogP contribution in [0.3, 0.4) is 0 Å². The summed E-state index contributed by atoms with van der Waals surface area (Å²) in [5, 5.41) is 3.74. The zero-order chi connectivity index (χ0) is 32.7. The molecule has 0 spiro atoms. The maximum atomic E-state index is 2.52. The lowest BCUT2D eigenvalue weighted by atomic mass is 9.82. The highest BCUT2D eigenvalue weighted by Crippen LogP contribution is 2.51. The van der Waals surface area contributed by atoms with E-state index in [4.69, 9.17) is 0 Å². The summed E-state index contributed by atoms with van der Waals surface area (Å²) in [6.45, 7) is 4.73. The fourth-order valence-electron chi connectivity index (χ4n) is 8.52. The smallest absolute Gasteiger partial charge is 0.0789 e. The van der Waals surface area contributed by atoms with Crippen molar-refractivity contribution in [1.29, 1.82) is 0 Å². The third-order valence-electron chi connectivity index (χ3n) is 10.7. The Bertz CT molecular complexity index is 2710. The van der Waals surface area contributed by atoms with Gasteiger partial charge in [-0.1, -0.05) is 153 Å². The summed E-state index contributed by atoms with van der Waals surface area (Å²) < 4.78 is 5.03. The molecule has 0 unspecified atom stereocenters. The number of rotatable bonds is 4. The van der Waals surface area contributed by atoms with Crippen LogP contribution in [0.5, 0.6) is 0 Å². The summed E-state index contributed by atoms with van der Waals surface area (Å²) in [6, 6.07) is 62.3. The molecule has 2 heterocycles. The first kappa shape index (κ1) is 27.9. The zero-order valence-corrected chi connectivity index (χ0v) is 27.6. The SMILES string of the molecule is CC1(C)c2ccccc2-c2ccc(-n3c4ccccc4c4ccc5c(-c6ccccc6)c(-c6ccccc6)n(-c6ccccc6)c5c43)cc21. The van der Waals surface area contributed by atoms with Gasteiger partial charge in [-0.15, -0.1) is 0 Å². The zero-order valence-electron chi connectivity index (χ0n) is 27.6. The van der Waals surface area contributed by atoms with Crippen molar-refractivity contribution in [1.82, 2.24) is 9.13 Å². The predicted octanol–water partition coefficient (Wildman–Crippen LogP) is 12.4. The van der Waals surface area contributed by atoms with E-state index in [9.17, 15) is 0 Å². The number of aromatic nitrogens is 2. The summed E-state index contributed by atoms with van der Waals surface area (Å²) in [5.41, 5.74) is 16.1. The average Bonchev–Trinajstić information content (AvgIpc) is 3.76. The molecule has 1 aliphatic rings. The molecular formula is C47H34N2. The fraction of sp³-hybridized carbons (Fsp3) is 0.0638. The van der Waals surface area contributed by atoms with Crippen molar-refractivity contribution in [2.75, 3.05) is 0 Å². The van der Waals surface area contributed by atoms with Crippen LogP contribution in [0.1, 0.15) is 25.0 Å². The van der Waals surface area contributed by atoms with E-state index >= 15 is 0 Å². The third kappa shape index (κ3) is 3.95. The van der Waals surface area contributed by atoms with Crippen LogP contribution in [-0.2, 0) is 5.41 Å². The van der Waals surface area contributed by atoms with Crippen molar-refractivity contribution in [2.24, 2.45) is 0 Å². The second-order valence-corrected chi connectivity index (χ2v) is 13.7. The molecule has 9 aromatic rings. The van der Waals surface area contributed by atoms with E-state index in [2.05, 4.69) is 193 Å². The van der Waals surface area contributed by atoms with Gasteiger partial charge in [-0.25, -0.2) is 0 Å². The van der Waals surface area contributed by atoms with Crippen LogP contribution < -0.4 is 0 Å². The highest BCUT2D eigenvalue weighted by Gasteiger charge is 2.35. The molecule has 10 rings (SSSR count). The Hall–Kier alpha value is -6.12. The highest BCUT2D eigenvalue weighted by atomic mass is 15.1. The summed E-state index contributed by atoms with van der Waals surface area (Å²) in [4.78, 5) is 0. The Kier molecular flexibility index (Phi) is 5.95. The van der Waals surface area contributed by atoms with Gasteiger partial charge in [0.1, 0.15) is 0 Å². The molecule has 0 amide bonds. The lowest BCUT2D eigenvalue weighted by Gasteiger charge is -2.22. The van der Waals surface area contributed by atoms with Crippen LogP contribution in [0.15, 0.2) is 170 Å². The minimum Gasteiger partial charge on any atom is -0.307 e.